The zero-order chi connectivity index (χ0) is 24.5. The fourth-order valence-corrected chi connectivity index (χ4v) is 4.00. The highest BCUT2D eigenvalue weighted by Crippen LogP contribution is 2.20. The number of ether oxygens (including phenoxy) is 1. The minimum Gasteiger partial charge on any atom is -0.497 e. The molecule has 0 saturated heterocycles. The molecule has 178 valence electrons. The maximum Gasteiger partial charge on any atom is 0.243 e. The van der Waals surface area contributed by atoms with Crippen molar-refractivity contribution in [3.05, 3.63) is 101 Å². The van der Waals surface area contributed by atoms with Crippen molar-refractivity contribution in [2.45, 2.75) is 52.2 Å². The first-order chi connectivity index (χ1) is 16.4. The normalized spacial score (nSPS) is 11.7. The summed E-state index contributed by atoms with van der Waals surface area (Å²) in [5.41, 5.74) is 3.95. The van der Waals surface area contributed by atoms with Crippen LogP contribution in [-0.2, 0) is 29.0 Å². The average Bonchev–Trinajstić information content (AvgIpc) is 2.81. The molecule has 0 unspecified atom stereocenters. The molecule has 0 saturated carbocycles. The molecule has 0 aliphatic carbocycles. The number of nitrogens with one attached hydrogen (secondary N) is 1. The van der Waals surface area contributed by atoms with Gasteiger partial charge in [-0.15, -0.1) is 0 Å². The third kappa shape index (κ3) is 7.20. The summed E-state index contributed by atoms with van der Waals surface area (Å²) in [4.78, 5) is 28.8. The quantitative estimate of drug-likeness (QED) is 0.479. The summed E-state index contributed by atoms with van der Waals surface area (Å²) in [5, 5.41) is 3.02. The van der Waals surface area contributed by atoms with Crippen LogP contribution >= 0.6 is 0 Å². The van der Waals surface area contributed by atoms with Crippen LogP contribution in [0.1, 0.15) is 36.1 Å². The number of benzene rings is 3. The Morgan fingerprint density at radius 1 is 0.882 bits per heavy atom. The van der Waals surface area contributed by atoms with Crippen molar-refractivity contribution in [1.82, 2.24) is 10.2 Å². The predicted octanol–water partition coefficient (Wildman–Crippen LogP) is 4.71. The van der Waals surface area contributed by atoms with Crippen molar-refractivity contribution in [3.63, 3.8) is 0 Å². The molecule has 5 nitrogen and oxygen atoms in total. The van der Waals surface area contributed by atoms with Crippen LogP contribution in [0.25, 0.3) is 0 Å². The zero-order valence-corrected chi connectivity index (χ0v) is 20.5. The molecule has 5 heteroatoms. The Morgan fingerprint density at radius 3 is 2.24 bits per heavy atom. The molecule has 1 N–H and O–H groups in total. The second-order valence-corrected chi connectivity index (χ2v) is 8.91. The number of methoxy groups -OCH3 is 1. The first-order valence-electron chi connectivity index (χ1n) is 11.7. The van der Waals surface area contributed by atoms with Crippen LogP contribution in [0.4, 0.5) is 0 Å². The van der Waals surface area contributed by atoms with E-state index >= 15 is 0 Å². The molecule has 3 aromatic rings. The molecule has 2 amide bonds. The SMILES string of the molecule is COc1cccc(CN(C(=O)Cc2cccc(C)c2)[C@@H](Cc2ccccc2)C(=O)NC(C)C)c1. The van der Waals surface area contributed by atoms with Gasteiger partial charge in [0, 0.05) is 19.0 Å². The lowest BCUT2D eigenvalue weighted by Crippen LogP contribution is -2.52. The number of hydrogen-bond acceptors (Lipinski definition) is 3. The van der Waals surface area contributed by atoms with E-state index < -0.39 is 6.04 Å². The minimum atomic E-state index is -0.645. The van der Waals surface area contributed by atoms with E-state index in [1.54, 1.807) is 12.0 Å². The summed E-state index contributed by atoms with van der Waals surface area (Å²) in [5.74, 6) is 0.474. The van der Waals surface area contributed by atoms with Gasteiger partial charge in [0.2, 0.25) is 11.8 Å². The molecule has 34 heavy (non-hydrogen) atoms. The van der Waals surface area contributed by atoms with Crippen molar-refractivity contribution in [1.29, 1.82) is 0 Å². The maximum absolute atomic E-state index is 13.7. The summed E-state index contributed by atoms with van der Waals surface area (Å²) in [6, 6.07) is 24.7. The van der Waals surface area contributed by atoms with Gasteiger partial charge in [0.15, 0.2) is 0 Å². The van der Waals surface area contributed by atoms with Gasteiger partial charge in [-0.3, -0.25) is 9.59 Å². The topological polar surface area (TPSA) is 58.6 Å². The lowest BCUT2D eigenvalue weighted by molar-refractivity contribution is -0.141. The molecule has 0 spiro atoms. The molecule has 0 heterocycles. The van der Waals surface area contributed by atoms with E-state index in [0.717, 1.165) is 28.0 Å². The first kappa shape index (κ1) is 25.0. The van der Waals surface area contributed by atoms with Crippen LogP contribution in [0.3, 0.4) is 0 Å². The van der Waals surface area contributed by atoms with Crippen molar-refractivity contribution in [3.8, 4) is 5.75 Å². The van der Waals surface area contributed by atoms with E-state index in [2.05, 4.69) is 5.32 Å². The number of rotatable bonds is 10. The van der Waals surface area contributed by atoms with E-state index in [4.69, 9.17) is 4.74 Å². The molecule has 0 radical (unpaired) electrons. The van der Waals surface area contributed by atoms with Gasteiger partial charge in [-0.2, -0.15) is 0 Å². The zero-order valence-electron chi connectivity index (χ0n) is 20.5. The molecule has 0 aromatic heterocycles. The van der Waals surface area contributed by atoms with Gasteiger partial charge >= 0.3 is 0 Å². The molecule has 0 bridgehead atoms. The molecule has 3 rings (SSSR count). The Bertz CT molecular complexity index is 1100. The van der Waals surface area contributed by atoms with Gasteiger partial charge in [-0.25, -0.2) is 0 Å². The van der Waals surface area contributed by atoms with Gasteiger partial charge in [0.05, 0.1) is 13.5 Å². The van der Waals surface area contributed by atoms with Gasteiger partial charge in [0.1, 0.15) is 11.8 Å². The highest BCUT2D eigenvalue weighted by molar-refractivity contribution is 5.89. The van der Waals surface area contributed by atoms with Crippen LogP contribution in [0.15, 0.2) is 78.9 Å². The molecular formula is C29H34N2O3. The fourth-order valence-electron chi connectivity index (χ4n) is 4.00. The summed E-state index contributed by atoms with van der Waals surface area (Å²) >= 11 is 0. The van der Waals surface area contributed by atoms with Crippen molar-refractivity contribution in [2.24, 2.45) is 0 Å². The number of carbonyl (C=O) groups excluding carboxylic acids is 2. The van der Waals surface area contributed by atoms with Gasteiger partial charge in [-0.1, -0.05) is 72.3 Å². The van der Waals surface area contributed by atoms with Crippen molar-refractivity contribution in [2.75, 3.05) is 7.11 Å². The largest absolute Gasteiger partial charge is 0.497 e. The number of nitrogens with zero attached hydrogens (tertiary/aromatic N) is 1. The highest BCUT2D eigenvalue weighted by atomic mass is 16.5. The third-order valence-corrected chi connectivity index (χ3v) is 5.63. The Morgan fingerprint density at radius 2 is 1.56 bits per heavy atom. The second-order valence-electron chi connectivity index (χ2n) is 8.91. The molecule has 0 aliphatic heterocycles. The van der Waals surface area contributed by atoms with E-state index in [1.807, 2.05) is 99.6 Å². The van der Waals surface area contributed by atoms with Gasteiger partial charge < -0.3 is 15.0 Å². The number of carbonyl (C=O) groups is 2. The van der Waals surface area contributed by atoms with E-state index in [0.29, 0.717) is 13.0 Å². The Labute approximate surface area is 202 Å². The number of amides is 2. The first-order valence-corrected chi connectivity index (χ1v) is 11.7. The minimum absolute atomic E-state index is 0.0312. The fraction of sp³-hybridized carbons (Fsp3) is 0.310. The highest BCUT2D eigenvalue weighted by Gasteiger charge is 2.30. The van der Waals surface area contributed by atoms with Crippen LogP contribution in [0.5, 0.6) is 5.75 Å². The van der Waals surface area contributed by atoms with Gasteiger partial charge in [0.25, 0.3) is 0 Å². The Hall–Kier alpha value is -3.60. The van der Waals surface area contributed by atoms with E-state index in [9.17, 15) is 9.59 Å². The Balaban J connectivity index is 1.98. The monoisotopic (exact) mass is 458 g/mol. The summed E-state index contributed by atoms with van der Waals surface area (Å²) in [6.45, 7) is 6.18. The molecule has 3 aromatic carbocycles. The average molecular weight is 459 g/mol. The summed E-state index contributed by atoms with van der Waals surface area (Å²) in [7, 11) is 1.62. The van der Waals surface area contributed by atoms with E-state index in [-0.39, 0.29) is 24.3 Å². The van der Waals surface area contributed by atoms with E-state index in [1.165, 1.54) is 0 Å². The van der Waals surface area contributed by atoms with Crippen LogP contribution in [0, 0.1) is 6.92 Å². The summed E-state index contributed by atoms with van der Waals surface area (Å²) < 4.78 is 5.38. The lowest BCUT2D eigenvalue weighted by Gasteiger charge is -2.32. The molecule has 0 aliphatic rings. The molecule has 0 fully saturated rings. The maximum atomic E-state index is 13.7. The smallest absolute Gasteiger partial charge is 0.243 e. The van der Waals surface area contributed by atoms with Crippen molar-refractivity contribution < 1.29 is 14.3 Å². The molecule has 1 atom stereocenters. The lowest BCUT2D eigenvalue weighted by atomic mass is 10.0. The second kappa shape index (κ2) is 12.0. The van der Waals surface area contributed by atoms with Crippen LogP contribution in [0.2, 0.25) is 0 Å². The number of hydrogen-bond donors (Lipinski definition) is 1. The Kier molecular flexibility index (Phi) is 8.86. The van der Waals surface area contributed by atoms with Gasteiger partial charge in [-0.05, 0) is 49.6 Å². The summed E-state index contributed by atoms with van der Waals surface area (Å²) in [6.07, 6.45) is 0.662. The molecular weight excluding hydrogens is 424 g/mol. The third-order valence-electron chi connectivity index (χ3n) is 5.63. The number of aryl methyl sites for hydroxylation is 1. The standard InChI is InChI=1S/C29H34N2O3/c1-21(2)30-29(33)27(18-23-11-6-5-7-12-23)31(20-25-14-9-15-26(17-25)34-4)28(32)19-24-13-8-10-22(3)16-24/h5-17,21,27H,18-20H2,1-4H3,(H,30,33)/t27-/m0/s1. The van der Waals surface area contributed by atoms with Crippen LogP contribution < -0.4 is 10.1 Å². The van der Waals surface area contributed by atoms with Crippen LogP contribution in [-0.4, -0.2) is 35.9 Å². The predicted molar refractivity (Wildman–Crippen MR) is 136 cm³/mol. The van der Waals surface area contributed by atoms with Crippen molar-refractivity contribution >= 4 is 11.8 Å².